The van der Waals surface area contributed by atoms with Crippen LogP contribution in [0.4, 0.5) is 0 Å². The lowest BCUT2D eigenvalue weighted by Gasteiger charge is -2.10. The number of carbonyl (C=O) groups excluding carboxylic acids is 1. The number of ether oxygens (including phenoxy) is 1. The largest absolute Gasteiger partial charge is 0.484 e. The molecule has 0 aliphatic carbocycles. The van der Waals surface area contributed by atoms with Crippen LogP contribution in [-0.4, -0.2) is 34.8 Å². The lowest BCUT2D eigenvalue weighted by atomic mass is 10.1. The van der Waals surface area contributed by atoms with Crippen molar-refractivity contribution < 1.29 is 9.53 Å². The fraction of sp³-hybridized carbons (Fsp3) is 0.214. The third-order valence-electron chi connectivity index (χ3n) is 6.09. The van der Waals surface area contributed by atoms with Crippen molar-refractivity contribution in [2.24, 2.45) is 5.10 Å². The van der Waals surface area contributed by atoms with Gasteiger partial charge >= 0.3 is 0 Å². The van der Waals surface area contributed by atoms with Crippen LogP contribution in [0.2, 0.25) is 5.02 Å². The number of hydrogen-bond donors (Lipinski definition) is 1. The smallest absolute Gasteiger partial charge is 0.277 e. The first-order valence-corrected chi connectivity index (χ1v) is 14.2. The van der Waals surface area contributed by atoms with E-state index in [9.17, 15) is 4.79 Å². The molecule has 5 nitrogen and oxygen atoms in total. The fourth-order valence-corrected chi connectivity index (χ4v) is 7.30. The van der Waals surface area contributed by atoms with Gasteiger partial charge in [0.15, 0.2) is 6.61 Å². The molecular formula is C28H26ClN3O2S2. The number of hydrogen-bond acceptors (Lipinski definition) is 5. The summed E-state index contributed by atoms with van der Waals surface area (Å²) in [5, 5.41) is 6.02. The number of rotatable bonds is 8. The molecule has 0 radical (unpaired) electrons. The zero-order valence-electron chi connectivity index (χ0n) is 19.8. The molecule has 1 aromatic heterocycles. The van der Waals surface area contributed by atoms with Crippen molar-refractivity contribution in [3.8, 4) is 5.75 Å². The van der Waals surface area contributed by atoms with Gasteiger partial charge in [-0.1, -0.05) is 60.1 Å². The van der Waals surface area contributed by atoms with Crippen LogP contribution < -0.4 is 10.2 Å². The summed E-state index contributed by atoms with van der Waals surface area (Å²) in [6.45, 7) is 2.60. The Bertz CT molecular complexity index is 1400. The monoisotopic (exact) mass is 535 g/mol. The van der Waals surface area contributed by atoms with Crippen LogP contribution in [0, 0.1) is 6.92 Å². The molecule has 0 spiro atoms. The number of para-hydroxylation sites is 1. The highest BCUT2D eigenvalue weighted by atomic mass is 35.5. The van der Waals surface area contributed by atoms with Gasteiger partial charge in [0, 0.05) is 45.2 Å². The van der Waals surface area contributed by atoms with Gasteiger partial charge in [-0.2, -0.15) is 5.10 Å². The Balaban J connectivity index is 1.23. The second-order valence-electron chi connectivity index (χ2n) is 8.42. The standard InChI is InChI=1S/C28H26ClN3O2S2/c1-19-24(23-7-3-5-9-26(23)32(19)17-21-6-2-4-8-25(21)29)16-30-31-27(33)18-34-22-12-10-20(11-13-22)28-35-14-15-36-28/h2-13,16,28H,14-15,17-18H2,1H3,(H,31,33)/b30-16-. The molecule has 1 aliphatic rings. The van der Waals surface area contributed by atoms with Crippen LogP contribution in [0.25, 0.3) is 10.9 Å². The first-order valence-electron chi connectivity index (χ1n) is 11.7. The minimum absolute atomic E-state index is 0.100. The summed E-state index contributed by atoms with van der Waals surface area (Å²) in [7, 11) is 0. The second kappa shape index (κ2) is 11.5. The molecule has 8 heteroatoms. The van der Waals surface area contributed by atoms with Crippen molar-refractivity contribution in [2.45, 2.75) is 18.1 Å². The molecule has 1 aliphatic heterocycles. The Kier molecular flexibility index (Phi) is 7.90. The summed E-state index contributed by atoms with van der Waals surface area (Å²) in [6, 6.07) is 24.0. The number of thioether (sulfide) groups is 2. The predicted octanol–water partition coefficient (Wildman–Crippen LogP) is 6.66. The normalized spacial score (nSPS) is 14.1. The maximum absolute atomic E-state index is 12.3. The number of halogens is 1. The molecule has 2 heterocycles. The molecule has 0 atom stereocenters. The molecule has 4 aromatic rings. The van der Waals surface area contributed by atoms with Crippen LogP contribution in [0.15, 0.2) is 77.9 Å². The van der Waals surface area contributed by atoms with Crippen molar-refractivity contribution >= 4 is 58.1 Å². The Labute approximate surface area is 224 Å². The molecule has 0 bridgehead atoms. The zero-order valence-corrected chi connectivity index (χ0v) is 22.2. The maximum atomic E-state index is 12.3. The van der Waals surface area contributed by atoms with Crippen molar-refractivity contribution in [3.63, 3.8) is 0 Å². The van der Waals surface area contributed by atoms with Crippen LogP contribution >= 0.6 is 35.1 Å². The molecule has 1 N–H and O–H groups in total. The van der Waals surface area contributed by atoms with Gasteiger partial charge in [0.2, 0.25) is 0 Å². The Morgan fingerprint density at radius 3 is 2.58 bits per heavy atom. The Morgan fingerprint density at radius 2 is 1.81 bits per heavy atom. The summed E-state index contributed by atoms with van der Waals surface area (Å²) in [5.74, 6) is 2.74. The molecule has 0 unspecified atom stereocenters. The Morgan fingerprint density at radius 1 is 1.08 bits per heavy atom. The number of nitrogens with one attached hydrogen (secondary N) is 1. The minimum Gasteiger partial charge on any atom is -0.484 e. The van der Waals surface area contributed by atoms with Gasteiger partial charge in [-0.25, -0.2) is 5.43 Å². The average molecular weight is 536 g/mol. The van der Waals surface area contributed by atoms with E-state index in [4.69, 9.17) is 16.3 Å². The van der Waals surface area contributed by atoms with Crippen LogP contribution in [0.5, 0.6) is 5.75 Å². The number of carbonyl (C=O) groups is 1. The highest BCUT2D eigenvalue weighted by molar-refractivity contribution is 8.19. The van der Waals surface area contributed by atoms with Gasteiger partial charge in [-0.05, 0) is 42.3 Å². The first kappa shape index (κ1) is 24.8. The quantitative estimate of drug-likeness (QED) is 0.202. The fourth-order valence-electron chi connectivity index (χ4n) is 4.24. The maximum Gasteiger partial charge on any atom is 0.277 e. The second-order valence-corrected chi connectivity index (χ2v) is 11.5. The summed E-state index contributed by atoms with van der Waals surface area (Å²) in [5.41, 5.74) is 8.01. The van der Waals surface area contributed by atoms with Crippen LogP contribution in [0.3, 0.4) is 0 Å². The lowest BCUT2D eigenvalue weighted by molar-refractivity contribution is -0.123. The summed E-state index contributed by atoms with van der Waals surface area (Å²) < 4.78 is 8.36. The minimum atomic E-state index is -0.310. The van der Waals surface area contributed by atoms with Gasteiger partial charge in [0.1, 0.15) is 5.75 Å². The highest BCUT2D eigenvalue weighted by Gasteiger charge is 2.18. The van der Waals surface area contributed by atoms with E-state index < -0.39 is 0 Å². The van der Waals surface area contributed by atoms with E-state index in [1.54, 1.807) is 6.21 Å². The van der Waals surface area contributed by atoms with Crippen molar-refractivity contribution in [1.29, 1.82) is 0 Å². The molecule has 1 amide bonds. The number of nitrogens with zero attached hydrogens (tertiary/aromatic N) is 2. The molecule has 3 aromatic carbocycles. The van der Waals surface area contributed by atoms with Crippen molar-refractivity contribution in [3.05, 3.63) is 100 Å². The van der Waals surface area contributed by atoms with Gasteiger partial charge in [-0.15, -0.1) is 23.5 Å². The van der Waals surface area contributed by atoms with E-state index in [-0.39, 0.29) is 12.5 Å². The van der Waals surface area contributed by atoms with E-state index in [0.29, 0.717) is 16.9 Å². The number of benzene rings is 3. The third-order valence-corrected chi connectivity index (χ3v) is 9.57. The number of aromatic nitrogens is 1. The molecule has 5 rings (SSSR count). The molecule has 36 heavy (non-hydrogen) atoms. The van der Waals surface area contributed by atoms with E-state index >= 15 is 0 Å². The molecular weight excluding hydrogens is 510 g/mol. The van der Waals surface area contributed by atoms with Crippen LogP contribution in [-0.2, 0) is 11.3 Å². The number of fused-ring (bicyclic) bond motifs is 1. The van der Waals surface area contributed by atoms with E-state index in [0.717, 1.165) is 32.7 Å². The first-order chi connectivity index (χ1) is 17.6. The van der Waals surface area contributed by atoms with Gasteiger partial charge < -0.3 is 9.30 Å². The molecule has 1 fully saturated rings. The topological polar surface area (TPSA) is 55.6 Å². The molecule has 0 saturated carbocycles. The summed E-state index contributed by atoms with van der Waals surface area (Å²) in [6.07, 6.45) is 1.70. The molecule has 1 saturated heterocycles. The van der Waals surface area contributed by atoms with E-state index in [1.807, 2.05) is 72.1 Å². The SMILES string of the molecule is Cc1c(/C=N\NC(=O)COc2ccc(C3SCCS3)cc2)c2ccccc2n1Cc1ccccc1Cl. The average Bonchev–Trinajstić information content (AvgIpc) is 3.53. The molecule has 184 valence electrons. The predicted molar refractivity (Wildman–Crippen MR) is 153 cm³/mol. The van der Waals surface area contributed by atoms with E-state index in [2.05, 4.69) is 46.3 Å². The number of amides is 1. The van der Waals surface area contributed by atoms with Crippen molar-refractivity contribution in [1.82, 2.24) is 9.99 Å². The summed E-state index contributed by atoms with van der Waals surface area (Å²) >= 11 is 10.3. The van der Waals surface area contributed by atoms with Crippen molar-refractivity contribution in [2.75, 3.05) is 18.1 Å². The zero-order chi connectivity index (χ0) is 24.9. The van der Waals surface area contributed by atoms with Crippen LogP contribution in [0.1, 0.15) is 27.0 Å². The lowest BCUT2D eigenvalue weighted by Crippen LogP contribution is -2.24. The number of hydrazone groups is 1. The van der Waals surface area contributed by atoms with E-state index in [1.165, 1.54) is 17.1 Å². The summed E-state index contributed by atoms with van der Waals surface area (Å²) in [4.78, 5) is 12.3. The van der Waals surface area contributed by atoms with Gasteiger partial charge in [0.25, 0.3) is 5.91 Å². The third kappa shape index (κ3) is 5.59. The Hall–Kier alpha value is -2.87. The van der Waals surface area contributed by atoms with Gasteiger partial charge in [0.05, 0.1) is 10.8 Å². The highest BCUT2D eigenvalue weighted by Crippen LogP contribution is 2.45. The van der Waals surface area contributed by atoms with Gasteiger partial charge in [-0.3, -0.25) is 4.79 Å².